The Bertz CT molecular complexity index is 1180. The zero-order valence-electron chi connectivity index (χ0n) is 16.1. The summed E-state index contributed by atoms with van der Waals surface area (Å²) >= 11 is 7.46. The maximum atomic E-state index is 12.2. The molecule has 0 atom stereocenters. The second-order valence-corrected chi connectivity index (χ2v) is 7.75. The SMILES string of the molecule is COc1ccc(-c2nnc3ccc(SCC(=O)NCc4ccccc4Cl)nn23)cc1. The average Bonchev–Trinajstić information content (AvgIpc) is 3.20. The van der Waals surface area contributed by atoms with E-state index in [0.29, 0.717) is 28.1 Å². The van der Waals surface area contributed by atoms with Gasteiger partial charge in [-0.15, -0.1) is 10.2 Å². The quantitative estimate of drug-likeness (QED) is 0.440. The molecule has 4 rings (SSSR count). The highest BCUT2D eigenvalue weighted by atomic mass is 35.5. The van der Waals surface area contributed by atoms with Gasteiger partial charge >= 0.3 is 0 Å². The van der Waals surface area contributed by atoms with E-state index in [0.717, 1.165) is 16.9 Å². The van der Waals surface area contributed by atoms with Gasteiger partial charge in [-0.1, -0.05) is 41.6 Å². The van der Waals surface area contributed by atoms with Gasteiger partial charge in [0.1, 0.15) is 10.8 Å². The largest absolute Gasteiger partial charge is 0.497 e. The lowest BCUT2D eigenvalue weighted by Crippen LogP contribution is -2.24. The van der Waals surface area contributed by atoms with Gasteiger partial charge in [-0.05, 0) is 48.0 Å². The molecule has 7 nitrogen and oxygen atoms in total. The second kappa shape index (κ2) is 9.15. The summed E-state index contributed by atoms with van der Waals surface area (Å²) in [5.41, 5.74) is 2.38. The predicted octanol–water partition coefficient (Wildman–Crippen LogP) is 3.86. The van der Waals surface area contributed by atoms with E-state index in [2.05, 4.69) is 20.6 Å². The molecule has 152 valence electrons. The molecule has 1 N–H and O–H groups in total. The summed E-state index contributed by atoms with van der Waals surface area (Å²) in [4.78, 5) is 12.2. The zero-order valence-corrected chi connectivity index (χ0v) is 17.7. The number of rotatable bonds is 7. The summed E-state index contributed by atoms with van der Waals surface area (Å²) in [6.07, 6.45) is 0. The highest BCUT2D eigenvalue weighted by Gasteiger charge is 2.12. The third-order valence-electron chi connectivity index (χ3n) is 4.37. The number of hydrogen-bond acceptors (Lipinski definition) is 6. The number of methoxy groups -OCH3 is 1. The first-order valence-corrected chi connectivity index (χ1v) is 10.5. The molecule has 0 bridgehead atoms. The molecule has 0 fully saturated rings. The lowest BCUT2D eigenvalue weighted by molar-refractivity contribution is -0.118. The molecule has 0 aliphatic heterocycles. The number of carbonyl (C=O) groups is 1. The number of fused-ring (bicyclic) bond motifs is 1. The monoisotopic (exact) mass is 439 g/mol. The van der Waals surface area contributed by atoms with Crippen LogP contribution in [0.4, 0.5) is 0 Å². The topological polar surface area (TPSA) is 81.4 Å². The fourth-order valence-corrected chi connectivity index (χ4v) is 3.68. The third kappa shape index (κ3) is 4.55. The number of ether oxygens (including phenoxy) is 1. The number of hydrogen-bond donors (Lipinski definition) is 1. The lowest BCUT2D eigenvalue weighted by Gasteiger charge is -2.07. The number of thioether (sulfide) groups is 1. The van der Waals surface area contributed by atoms with Crippen LogP contribution in [0.3, 0.4) is 0 Å². The Balaban J connectivity index is 1.43. The van der Waals surface area contributed by atoms with Crippen LogP contribution in [0.25, 0.3) is 17.0 Å². The number of benzene rings is 2. The maximum Gasteiger partial charge on any atom is 0.230 e. The molecule has 2 aromatic heterocycles. The number of nitrogens with zero attached hydrogens (tertiary/aromatic N) is 4. The zero-order chi connectivity index (χ0) is 20.9. The highest BCUT2D eigenvalue weighted by Crippen LogP contribution is 2.23. The molecule has 0 radical (unpaired) electrons. The molecule has 0 unspecified atom stereocenters. The minimum Gasteiger partial charge on any atom is -0.497 e. The standard InChI is InChI=1S/C21H18ClN5O2S/c1-29-16-8-6-14(7-9-16)21-25-24-18-10-11-20(26-27(18)21)30-13-19(28)23-12-15-4-2-3-5-17(15)22/h2-11H,12-13H2,1H3,(H,23,28). The van der Waals surface area contributed by atoms with Gasteiger partial charge in [0.2, 0.25) is 5.91 Å². The molecular weight excluding hydrogens is 422 g/mol. The van der Waals surface area contributed by atoms with Crippen LogP contribution >= 0.6 is 23.4 Å². The van der Waals surface area contributed by atoms with E-state index < -0.39 is 0 Å². The van der Waals surface area contributed by atoms with Crippen molar-refractivity contribution >= 4 is 34.9 Å². The summed E-state index contributed by atoms with van der Waals surface area (Å²) in [6.45, 7) is 0.387. The van der Waals surface area contributed by atoms with Gasteiger partial charge in [-0.2, -0.15) is 9.61 Å². The fraction of sp³-hybridized carbons (Fsp3) is 0.143. The van der Waals surface area contributed by atoms with Crippen molar-refractivity contribution in [1.29, 1.82) is 0 Å². The van der Waals surface area contributed by atoms with Crippen LogP contribution in [-0.4, -0.2) is 38.6 Å². The minimum absolute atomic E-state index is 0.0963. The van der Waals surface area contributed by atoms with Crippen molar-refractivity contribution in [3.63, 3.8) is 0 Å². The minimum atomic E-state index is -0.0963. The van der Waals surface area contributed by atoms with Crippen LogP contribution in [0.1, 0.15) is 5.56 Å². The third-order valence-corrected chi connectivity index (χ3v) is 5.66. The summed E-state index contributed by atoms with van der Waals surface area (Å²) in [5.74, 6) is 1.53. The molecule has 1 amide bonds. The molecule has 9 heteroatoms. The van der Waals surface area contributed by atoms with Crippen LogP contribution in [-0.2, 0) is 11.3 Å². The Hall–Kier alpha value is -3.10. The number of amides is 1. The predicted molar refractivity (Wildman–Crippen MR) is 117 cm³/mol. The van der Waals surface area contributed by atoms with Gasteiger partial charge in [-0.3, -0.25) is 4.79 Å². The summed E-state index contributed by atoms with van der Waals surface area (Å²) in [6, 6.07) is 18.6. The van der Waals surface area contributed by atoms with Crippen LogP contribution < -0.4 is 10.1 Å². The van der Waals surface area contributed by atoms with Gasteiger partial charge in [0.05, 0.1) is 12.9 Å². The molecule has 0 aliphatic carbocycles. The molecule has 2 aromatic carbocycles. The van der Waals surface area contributed by atoms with Gasteiger partial charge in [-0.25, -0.2) is 0 Å². The van der Waals surface area contributed by atoms with E-state index in [1.807, 2.05) is 54.6 Å². The summed E-state index contributed by atoms with van der Waals surface area (Å²) in [5, 5.41) is 17.2. The average molecular weight is 440 g/mol. The number of nitrogens with one attached hydrogen (secondary N) is 1. The van der Waals surface area contributed by atoms with Crippen LogP contribution in [0, 0.1) is 0 Å². The second-order valence-electron chi connectivity index (χ2n) is 6.35. The molecule has 0 saturated carbocycles. The molecule has 30 heavy (non-hydrogen) atoms. The molecule has 2 heterocycles. The van der Waals surface area contributed by atoms with Crippen molar-refractivity contribution in [3.8, 4) is 17.1 Å². The van der Waals surface area contributed by atoms with Gasteiger partial charge < -0.3 is 10.1 Å². The first kappa shape index (κ1) is 20.2. The Kier molecular flexibility index (Phi) is 6.15. The normalized spacial score (nSPS) is 10.9. The smallest absolute Gasteiger partial charge is 0.230 e. The van der Waals surface area contributed by atoms with E-state index in [1.54, 1.807) is 17.7 Å². The Morgan fingerprint density at radius 2 is 1.90 bits per heavy atom. The Morgan fingerprint density at radius 1 is 1.10 bits per heavy atom. The first-order valence-electron chi connectivity index (χ1n) is 9.14. The van der Waals surface area contributed by atoms with Crippen LogP contribution in [0.15, 0.2) is 65.7 Å². The molecule has 4 aromatic rings. The Morgan fingerprint density at radius 3 is 2.67 bits per heavy atom. The Labute approximate surface area is 182 Å². The van der Waals surface area contributed by atoms with E-state index >= 15 is 0 Å². The van der Waals surface area contributed by atoms with Gasteiger partial charge in [0.15, 0.2) is 11.5 Å². The van der Waals surface area contributed by atoms with Crippen molar-refractivity contribution in [2.75, 3.05) is 12.9 Å². The van der Waals surface area contributed by atoms with Gasteiger partial charge in [0, 0.05) is 17.1 Å². The summed E-state index contributed by atoms with van der Waals surface area (Å²) < 4.78 is 6.87. The van der Waals surface area contributed by atoms with Crippen molar-refractivity contribution in [1.82, 2.24) is 25.1 Å². The molecular formula is C21H18ClN5O2S. The van der Waals surface area contributed by atoms with Gasteiger partial charge in [0.25, 0.3) is 0 Å². The highest BCUT2D eigenvalue weighted by molar-refractivity contribution is 7.99. The van der Waals surface area contributed by atoms with E-state index in [9.17, 15) is 4.79 Å². The lowest BCUT2D eigenvalue weighted by atomic mass is 10.2. The number of aromatic nitrogens is 4. The summed E-state index contributed by atoms with van der Waals surface area (Å²) in [7, 11) is 1.62. The number of carbonyl (C=O) groups excluding carboxylic acids is 1. The fourth-order valence-electron chi connectivity index (χ4n) is 2.80. The molecule has 0 spiro atoms. The number of halogens is 1. The van der Waals surface area contributed by atoms with Crippen molar-refractivity contribution in [2.24, 2.45) is 0 Å². The van der Waals surface area contributed by atoms with Crippen LogP contribution in [0.2, 0.25) is 5.02 Å². The van der Waals surface area contributed by atoms with E-state index in [1.165, 1.54) is 11.8 Å². The van der Waals surface area contributed by atoms with Crippen molar-refractivity contribution in [3.05, 3.63) is 71.2 Å². The maximum absolute atomic E-state index is 12.2. The van der Waals surface area contributed by atoms with Crippen molar-refractivity contribution < 1.29 is 9.53 Å². The molecule has 0 saturated heterocycles. The van der Waals surface area contributed by atoms with E-state index in [4.69, 9.17) is 16.3 Å². The molecule has 0 aliphatic rings. The first-order chi connectivity index (χ1) is 14.6. The van der Waals surface area contributed by atoms with E-state index in [-0.39, 0.29) is 11.7 Å². The van der Waals surface area contributed by atoms with Crippen molar-refractivity contribution in [2.45, 2.75) is 11.6 Å². The van der Waals surface area contributed by atoms with Crippen LogP contribution in [0.5, 0.6) is 5.75 Å².